The van der Waals surface area contributed by atoms with Crippen molar-refractivity contribution in [2.24, 2.45) is 0 Å². The number of anilines is 1. The molecule has 3 aromatic rings. The normalized spacial score (nSPS) is 10.7. The molecular formula is C18H17N3O3. The predicted molar refractivity (Wildman–Crippen MR) is 93.0 cm³/mol. The fourth-order valence-electron chi connectivity index (χ4n) is 2.73. The van der Waals surface area contributed by atoms with E-state index in [1.54, 1.807) is 19.1 Å². The van der Waals surface area contributed by atoms with Gasteiger partial charge in [-0.05, 0) is 30.5 Å². The molecule has 0 aliphatic rings. The van der Waals surface area contributed by atoms with E-state index in [0.717, 1.165) is 10.9 Å². The number of rotatable bonds is 5. The Bertz CT molecular complexity index is 915. The standard InChI is InChI=1S/C18H17N3O3/c1-13-15(6-4-8-16(13)21(23)24)19-18(22)10-12-20-11-9-14-5-2-3-7-17(14)20/h2-9,11H,10,12H2,1H3,(H,19,22). The van der Waals surface area contributed by atoms with E-state index in [-0.39, 0.29) is 11.6 Å². The second kappa shape index (κ2) is 6.54. The van der Waals surface area contributed by atoms with E-state index in [1.807, 2.05) is 41.1 Å². The summed E-state index contributed by atoms with van der Waals surface area (Å²) in [7, 11) is 0. The molecule has 0 radical (unpaired) electrons. The Morgan fingerprint density at radius 2 is 1.96 bits per heavy atom. The maximum Gasteiger partial charge on any atom is 0.274 e. The highest BCUT2D eigenvalue weighted by molar-refractivity contribution is 5.92. The molecule has 0 atom stereocenters. The lowest BCUT2D eigenvalue weighted by molar-refractivity contribution is -0.385. The highest BCUT2D eigenvalue weighted by Gasteiger charge is 2.14. The van der Waals surface area contributed by atoms with Gasteiger partial charge in [0.2, 0.25) is 5.91 Å². The first kappa shape index (κ1) is 15.7. The van der Waals surface area contributed by atoms with Crippen molar-refractivity contribution in [1.29, 1.82) is 0 Å². The molecule has 6 nitrogen and oxygen atoms in total. The lowest BCUT2D eigenvalue weighted by Crippen LogP contribution is -2.15. The van der Waals surface area contributed by atoms with Crippen LogP contribution >= 0.6 is 0 Å². The average molecular weight is 323 g/mol. The van der Waals surface area contributed by atoms with Crippen molar-refractivity contribution in [3.05, 3.63) is 70.4 Å². The van der Waals surface area contributed by atoms with Crippen molar-refractivity contribution in [1.82, 2.24) is 4.57 Å². The Hall–Kier alpha value is -3.15. The van der Waals surface area contributed by atoms with E-state index in [4.69, 9.17) is 0 Å². The van der Waals surface area contributed by atoms with Crippen molar-refractivity contribution in [3.63, 3.8) is 0 Å². The third kappa shape index (κ3) is 3.12. The highest BCUT2D eigenvalue weighted by atomic mass is 16.6. The van der Waals surface area contributed by atoms with Gasteiger partial charge in [0.1, 0.15) is 0 Å². The van der Waals surface area contributed by atoms with Gasteiger partial charge in [-0.25, -0.2) is 0 Å². The van der Waals surface area contributed by atoms with Crippen molar-refractivity contribution < 1.29 is 9.72 Å². The molecule has 24 heavy (non-hydrogen) atoms. The van der Waals surface area contributed by atoms with Gasteiger partial charge in [0.25, 0.3) is 5.69 Å². The zero-order valence-corrected chi connectivity index (χ0v) is 13.2. The molecule has 0 unspecified atom stereocenters. The molecule has 3 rings (SSSR count). The van der Waals surface area contributed by atoms with Crippen molar-refractivity contribution in [3.8, 4) is 0 Å². The second-order valence-corrected chi connectivity index (χ2v) is 5.57. The fraction of sp³-hybridized carbons (Fsp3) is 0.167. The Labute approximate surface area is 138 Å². The SMILES string of the molecule is Cc1c(NC(=O)CCn2ccc3ccccc32)cccc1[N+](=O)[O-]. The first-order chi connectivity index (χ1) is 11.6. The molecule has 1 amide bonds. The molecule has 0 saturated heterocycles. The van der Waals surface area contributed by atoms with Crippen molar-refractivity contribution in [2.45, 2.75) is 19.9 Å². The van der Waals surface area contributed by atoms with E-state index >= 15 is 0 Å². The Morgan fingerprint density at radius 1 is 1.17 bits per heavy atom. The van der Waals surface area contributed by atoms with Gasteiger partial charge in [-0.3, -0.25) is 14.9 Å². The third-order valence-corrected chi connectivity index (χ3v) is 4.04. The summed E-state index contributed by atoms with van der Waals surface area (Å²) in [6.07, 6.45) is 2.25. The monoisotopic (exact) mass is 323 g/mol. The number of aromatic nitrogens is 1. The molecule has 0 aliphatic heterocycles. The minimum atomic E-state index is -0.447. The number of nitro benzene ring substituents is 1. The largest absolute Gasteiger partial charge is 0.347 e. The van der Waals surface area contributed by atoms with E-state index in [0.29, 0.717) is 24.2 Å². The Kier molecular flexibility index (Phi) is 4.29. The molecule has 1 N–H and O–H groups in total. The van der Waals surface area contributed by atoms with Crippen molar-refractivity contribution in [2.75, 3.05) is 5.32 Å². The first-order valence-corrected chi connectivity index (χ1v) is 7.64. The van der Waals surface area contributed by atoms with E-state index in [2.05, 4.69) is 5.32 Å². The summed E-state index contributed by atoms with van der Waals surface area (Å²) in [5.74, 6) is -0.170. The first-order valence-electron chi connectivity index (χ1n) is 7.64. The quantitative estimate of drug-likeness (QED) is 0.571. The maximum absolute atomic E-state index is 12.2. The number of hydrogen-bond donors (Lipinski definition) is 1. The van der Waals surface area contributed by atoms with Crippen LogP contribution in [0.25, 0.3) is 10.9 Å². The van der Waals surface area contributed by atoms with E-state index < -0.39 is 4.92 Å². The molecule has 2 aromatic carbocycles. The van der Waals surface area contributed by atoms with Crippen LogP contribution in [0.2, 0.25) is 0 Å². The molecule has 1 heterocycles. The number of aryl methyl sites for hydroxylation is 1. The molecule has 0 spiro atoms. The molecule has 1 aromatic heterocycles. The topological polar surface area (TPSA) is 77.2 Å². The van der Waals surface area contributed by atoms with Crippen LogP contribution in [0.1, 0.15) is 12.0 Å². The number of nitrogens with one attached hydrogen (secondary N) is 1. The summed E-state index contributed by atoms with van der Waals surface area (Å²) in [5.41, 5.74) is 2.02. The fourth-order valence-corrected chi connectivity index (χ4v) is 2.73. The van der Waals surface area contributed by atoms with Crippen LogP contribution in [0.5, 0.6) is 0 Å². The summed E-state index contributed by atoms with van der Waals surface area (Å²) in [6.45, 7) is 2.18. The van der Waals surface area contributed by atoms with Crippen LogP contribution in [-0.4, -0.2) is 15.4 Å². The highest BCUT2D eigenvalue weighted by Crippen LogP contribution is 2.25. The summed E-state index contributed by atoms with van der Waals surface area (Å²) in [4.78, 5) is 22.7. The summed E-state index contributed by atoms with van der Waals surface area (Å²) in [5, 5.41) is 14.8. The summed E-state index contributed by atoms with van der Waals surface area (Å²) in [6, 6.07) is 14.7. The average Bonchev–Trinajstić information content (AvgIpc) is 2.98. The number of amides is 1. The van der Waals surface area contributed by atoms with Gasteiger partial charge in [-0.2, -0.15) is 0 Å². The predicted octanol–water partition coefficient (Wildman–Crippen LogP) is 3.89. The van der Waals surface area contributed by atoms with Gasteiger partial charge in [0.05, 0.1) is 16.2 Å². The summed E-state index contributed by atoms with van der Waals surface area (Å²) < 4.78 is 2.02. The molecule has 0 fully saturated rings. The molecule has 6 heteroatoms. The number of carbonyl (C=O) groups excluding carboxylic acids is 1. The van der Waals surface area contributed by atoms with Crippen LogP contribution in [0, 0.1) is 17.0 Å². The van der Waals surface area contributed by atoms with Gasteiger partial charge in [0.15, 0.2) is 0 Å². The minimum Gasteiger partial charge on any atom is -0.347 e. The zero-order valence-electron chi connectivity index (χ0n) is 13.2. The number of fused-ring (bicyclic) bond motifs is 1. The molecule has 122 valence electrons. The van der Waals surface area contributed by atoms with Crippen LogP contribution < -0.4 is 5.32 Å². The minimum absolute atomic E-state index is 0.00389. The number of nitrogens with zero attached hydrogens (tertiary/aromatic N) is 2. The van der Waals surface area contributed by atoms with Crippen molar-refractivity contribution >= 4 is 28.2 Å². The third-order valence-electron chi connectivity index (χ3n) is 4.04. The number of hydrogen-bond acceptors (Lipinski definition) is 3. The Balaban J connectivity index is 1.68. The number of para-hydroxylation sites is 1. The van der Waals surface area contributed by atoms with E-state index in [9.17, 15) is 14.9 Å². The zero-order chi connectivity index (χ0) is 17.1. The molecule has 0 aliphatic carbocycles. The molecule has 0 bridgehead atoms. The number of nitro groups is 1. The van der Waals surface area contributed by atoms with E-state index in [1.165, 1.54) is 6.07 Å². The van der Waals surface area contributed by atoms with Crippen LogP contribution in [0.15, 0.2) is 54.7 Å². The smallest absolute Gasteiger partial charge is 0.274 e. The van der Waals surface area contributed by atoms with Gasteiger partial charge in [0, 0.05) is 30.7 Å². The van der Waals surface area contributed by atoms with Crippen LogP contribution in [0.4, 0.5) is 11.4 Å². The van der Waals surface area contributed by atoms with Gasteiger partial charge >= 0.3 is 0 Å². The maximum atomic E-state index is 12.2. The Morgan fingerprint density at radius 3 is 2.75 bits per heavy atom. The molecule has 0 saturated carbocycles. The number of benzene rings is 2. The van der Waals surface area contributed by atoms with Gasteiger partial charge in [-0.1, -0.05) is 24.3 Å². The lowest BCUT2D eigenvalue weighted by Gasteiger charge is -2.09. The van der Waals surface area contributed by atoms with Gasteiger partial charge in [-0.15, -0.1) is 0 Å². The van der Waals surface area contributed by atoms with Crippen LogP contribution in [-0.2, 0) is 11.3 Å². The van der Waals surface area contributed by atoms with Gasteiger partial charge < -0.3 is 9.88 Å². The molecular weight excluding hydrogens is 306 g/mol. The second-order valence-electron chi connectivity index (χ2n) is 5.57. The summed E-state index contributed by atoms with van der Waals surface area (Å²) >= 11 is 0. The number of carbonyl (C=O) groups is 1. The lowest BCUT2D eigenvalue weighted by atomic mass is 10.1. The van der Waals surface area contributed by atoms with Crippen LogP contribution in [0.3, 0.4) is 0 Å².